The van der Waals surface area contributed by atoms with Gasteiger partial charge in [-0.1, -0.05) is 0 Å². The first-order chi connectivity index (χ1) is 8.49. The van der Waals surface area contributed by atoms with Gasteiger partial charge in [0.2, 0.25) is 0 Å². The third-order valence-electron chi connectivity index (χ3n) is 2.61. The molecule has 0 saturated heterocycles. The molecule has 0 fully saturated rings. The predicted molar refractivity (Wildman–Crippen MR) is 78.1 cm³/mol. The number of ketones is 1. The van der Waals surface area contributed by atoms with Crippen LogP contribution in [0.5, 0.6) is 0 Å². The molecule has 0 unspecified atom stereocenters. The molecule has 0 spiro atoms. The van der Waals surface area contributed by atoms with Crippen LogP contribution in [-0.4, -0.2) is 23.6 Å². The second-order valence-electron chi connectivity index (χ2n) is 4.15. The molecule has 98 valence electrons. The number of aromatic nitrogens is 1. The maximum atomic E-state index is 12.3. The van der Waals surface area contributed by atoms with E-state index in [1.165, 1.54) is 0 Å². The summed E-state index contributed by atoms with van der Waals surface area (Å²) in [6.07, 6.45) is 3.61. The minimum atomic E-state index is 0.0165. The number of nitrogens with zero attached hydrogens (tertiary/aromatic N) is 1. The normalized spacial score (nSPS) is 11.5. The Hall–Kier alpha value is -1.29. The van der Waals surface area contributed by atoms with Gasteiger partial charge in [0.25, 0.3) is 0 Å². The largest absolute Gasteiger partial charge is 0.380 e. The van der Waals surface area contributed by atoms with Crippen molar-refractivity contribution in [2.24, 2.45) is 0 Å². The lowest BCUT2D eigenvalue weighted by Crippen LogP contribution is -2.12. The smallest absolute Gasteiger partial charge is 0.190 e. The standard InChI is InChI=1S/C14H20N2OS/c1-6-15-13(18-5)8-12(17)14-9(2)7-10(3)16-11(14)4/h7-8,15H,6H2,1-5H3/b13-8+. The molecular weight excluding hydrogens is 244 g/mol. The average Bonchev–Trinajstić information content (AvgIpc) is 2.26. The van der Waals surface area contributed by atoms with E-state index in [4.69, 9.17) is 0 Å². The van der Waals surface area contributed by atoms with Crippen LogP contribution >= 0.6 is 11.8 Å². The number of carbonyl (C=O) groups excluding carboxylic acids is 1. The molecule has 1 rings (SSSR count). The first kappa shape index (κ1) is 14.8. The molecule has 18 heavy (non-hydrogen) atoms. The molecule has 0 atom stereocenters. The molecule has 1 aromatic rings. The average molecular weight is 264 g/mol. The second-order valence-corrected chi connectivity index (χ2v) is 5.00. The van der Waals surface area contributed by atoms with Crippen LogP contribution in [0.4, 0.5) is 0 Å². The fourth-order valence-electron chi connectivity index (χ4n) is 1.94. The summed E-state index contributed by atoms with van der Waals surface area (Å²) in [5, 5.41) is 4.06. The molecule has 0 aliphatic heterocycles. The van der Waals surface area contributed by atoms with Crippen LogP contribution in [0.15, 0.2) is 17.2 Å². The van der Waals surface area contributed by atoms with Gasteiger partial charge >= 0.3 is 0 Å². The first-order valence-corrected chi connectivity index (χ1v) is 7.20. The number of allylic oxidation sites excluding steroid dienone is 1. The molecule has 4 heteroatoms. The van der Waals surface area contributed by atoms with Crippen molar-refractivity contribution < 1.29 is 4.79 Å². The molecule has 3 nitrogen and oxygen atoms in total. The molecule has 0 aromatic carbocycles. The fraction of sp³-hybridized carbons (Fsp3) is 0.429. The zero-order valence-corrected chi connectivity index (χ0v) is 12.4. The van der Waals surface area contributed by atoms with Crippen molar-refractivity contribution in [3.05, 3.63) is 39.7 Å². The van der Waals surface area contributed by atoms with E-state index in [9.17, 15) is 4.79 Å². The van der Waals surface area contributed by atoms with Crippen LogP contribution in [0.3, 0.4) is 0 Å². The highest BCUT2D eigenvalue weighted by molar-refractivity contribution is 8.02. The van der Waals surface area contributed by atoms with Crippen LogP contribution in [0.2, 0.25) is 0 Å². The highest BCUT2D eigenvalue weighted by Crippen LogP contribution is 2.16. The van der Waals surface area contributed by atoms with Crippen molar-refractivity contribution in [3.8, 4) is 0 Å². The van der Waals surface area contributed by atoms with Gasteiger partial charge in [0.05, 0.1) is 5.03 Å². The summed E-state index contributed by atoms with van der Waals surface area (Å²) in [5.74, 6) is 0.0165. The molecule has 1 heterocycles. The molecule has 0 bridgehead atoms. The van der Waals surface area contributed by atoms with E-state index in [0.29, 0.717) is 5.56 Å². The number of hydrogen-bond acceptors (Lipinski definition) is 4. The van der Waals surface area contributed by atoms with E-state index in [1.54, 1.807) is 17.8 Å². The highest BCUT2D eigenvalue weighted by atomic mass is 32.2. The molecule has 0 amide bonds. The number of hydrogen-bond donors (Lipinski definition) is 1. The SMILES string of the molecule is CCN/C(=C\C(=O)c1c(C)cc(C)nc1C)SC. The number of rotatable bonds is 5. The van der Waals surface area contributed by atoms with Gasteiger partial charge in [-0.3, -0.25) is 9.78 Å². The lowest BCUT2D eigenvalue weighted by molar-refractivity contribution is 0.104. The Bertz CT molecular complexity index is 458. The van der Waals surface area contributed by atoms with Gasteiger partial charge in [0, 0.05) is 29.6 Å². The van der Waals surface area contributed by atoms with Crippen molar-refractivity contribution in [2.45, 2.75) is 27.7 Å². The zero-order chi connectivity index (χ0) is 13.7. The highest BCUT2D eigenvalue weighted by Gasteiger charge is 2.12. The number of aryl methyl sites for hydroxylation is 3. The molecule has 0 aliphatic carbocycles. The van der Waals surface area contributed by atoms with E-state index in [1.807, 2.05) is 40.0 Å². The fourth-order valence-corrected chi connectivity index (χ4v) is 2.46. The summed E-state index contributed by atoms with van der Waals surface area (Å²) >= 11 is 1.54. The van der Waals surface area contributed by atoms with Crippen molar-refractivity contribution in [2.75, 3.05) is 12.8 Å². The number of nitrogens with one attached hydrogen (secondary N) is 1. The van der Waals surface area contributed by atoms with Gasteiger partial charge in [-0.05, 0) is 45.6 Å². The summed E-state index contributed by atoms with van der Waals surface area (Å²) in [7, 11) is 0. The maximum absolute atomic E-state index is 12.3. The van der Waals surface area contributed by atoms with Gasteiger partial charge in [-0.25, -0.2) is 0 Å². The lowest BCUT2D eigenvalue weighted by atomic mass is 10.0. The van der Waals surface area contributed by atoms with Crippen LogP contribution < -0.4 is 5.32 Å². The van der Waals surface area contributed by atoms with Crippen molar-refractivity contribution >= 4 is 17.5 Å². The first-order valence-electron chi connectivity index (χ1n) is 5.98. The van der Waals surface area contributed by atoms with Crippen molar-refractivity contribution in [1.82, 2.24) is 10.3 Å². The van der Waals surface area contributed by atoms with Crippen molar-refractivity contribution in [1.29, 1.82) is 0 Å². The van der Waals surface area contributed by atoms with E-state index < -0.39 is 0 Å². The van der Waals surface area contributed by atoms with E-state index in [0.717, 1.165) is 28.5 Å². The zero-order valence-electron chi connectivity index (χ0n) is 11.6. The van der Waals surface area contributed by atoms with E-state index in [2.05, 4.69) is 10.3 Å². The van der Waals surface area contributed by atoms with Gasteiger partial charge < -0.3 is 5.32 Å². The Morgan fingerprint density at radius 2 is 2.11 bits per heavy atom. The van der Waals surface area contributed by atoms with E-state index >= 15 is 0 Å². The van der Waals surface area contributed by atoms with Crippen LogP contribution in [0, 0.1) is 20.8 Å². The Labute approximate surface area is 113 Å². The van der Waals surface area contributed by atoms with Gasteiger partial charge in [0.15, 0.2) is 5.78 Å². The summed E-state index contributed by atoms with van der Waals surface area (Å²) in [6, 6.07) is 1.94. The Morgan fingerprint density at radius 1 is 1.44 bits per heavy atom. The summed E-state index contributed by atoms with van der Waals surface area (Å²) in [6.45, 7) is 8.60. The molecule has 0 aliphatic rings. The second kappa shape index (κ2) is 6.59. The quantitative estimate of drug-likeness (QED) is 0.656. The van der Waals surface area contributed by atoms with Crippen molar-refractivity contribution in [3.63, 3.8) is 0 Å². The maximum Gasteiger partial charge on any atom is 0.190 e. The Balaban J connectivity index is 3.11. The molecule has 0 saturated carbocycles. The minimum Gasteiger partial charge on any atom is -0.380 e. The summed E-state index contributed by atoms with van der Waals surface area (Å²) in [4.78, 5) is 16.6. The van der Waals surface area contributed by atoms with Gasteiger partial charge in [-0.2, -0.15) is 0 Å². The summed E-state index contributed by atoms with van der Waals surface area (Å²) in [5.41, 5.74) is 3.44. The molecular formula is C14H20N2OS. The van der Waals surface area contributed by atoms with E-state index in [-0.39, 0.29) is 5.78 Å². The topological polar surface area (TPSA) is 42.0 Å². The monoisotopic (exact) mass is 264 g/mol. The molecule has 1 N–H and O–H groups in total. The minimum absolute atomic E-state index is 0.0165. The van der Waals surface area contributed by atoms with Gasteiger partial charge in [-0.15, -0.1) is 11.8 Å². The van der Waals surface area contributed by atoms with Crippen LogP contribution in [0.1, 0.15) is 34.2 Å². The molecule has 1 aromatic heterocycles. The third-order valence-corrected chi connectivity index (χ3v) is 3.31. The lowest BCUT2D eigenvalue weighted by Gasteiger charge is -2.09. The summed E-state index contributed by atoms with van der Waals surface area (Å²) < 4.78 is 0. The predicted octanol–water partition coefficient (Wildman–Crippen LogP) is 3.00. The van der Waals surface area contributed by atoms with Crippen LogP contribution in [0.25, 0.3) is 0 Å². The number of carbonyl (C=O) groups is 1. The number of thioether (sulfide) groups is 1. The van der Waals surface area contributed by atoms with Gasteiger partial charge in [0.1, 0.15) is 0 Å². The third kappa shape index (κ3) is 3.60. The number of pyridine rings is 1. The van der Waals surface area contributed by atoms with Crippen LogP contribution in [-0.2, 0) is 0 Å². The Morgan fingerprint density at radius 3 is 2.61 bits per heavy atom. The molecule has 0 radical (unpaired) electrons. The Kier molecular flexibility index (Phi) is 5.41.